The summed E-state index contributed by atoms with van der Waals surface area (Å²) in [7, 11) is 1.86. The molecule has 1 fully saturated rings. The van der Waals surface area contributed by atoms with Crippen LogP contribution in [0.3, 0.4) is 0 Å². The van der Waals surface area contributed by atoms with Gasteiger partial charge in [0.25, 0.3) is 0 Å². The number of carbonyl (C=O) groups excluding carboxylic acids is 1. The predicted octanol–water partition coefficient (Wildman–Crippen LogP) is 3.17. The molecule has 0 bridgehead atoms. The van der Waals surface area contributed by atoms with Crippen LogP contribution in [-0.2, 0) is 4.79 Å². The minimum atomic E-state index is -0.355. The van der Waals surface area contributed by atoms with E-state index in [0.717, 1.165) is 25.7 Å². The zero-order valence-electron chi connectivity index (χ0n) is 12.0. The monoisotopic (exact) mass is 330 g/mol. The molecule has 0 heterocycles. The molecule has 2 rings (SSSR count). The molecule has 2 N–H and O–H groups in total. The van der Waals surface area contributed by atoms with E-state index in [1.54, 1.807) is 18.2 Å². The summed E-state index contributed by atoms with van der Waals surface area (Å²) in [4.78, 5) is 14.0. The van der Waals surface area contributed by atoms with Gasteiger partial charge >= 0.3 is 0 Å². The molecule has 4 nitrogen and oxygen atoms in total. The third kappa shape index (κ3) is 4.33. The molecule has 2 atom stereocenters. The maximum atomic E-state index is 12.1. The largest absolute Gasteiger partial charge is 0.391 e. The number of likely N-dealkylation sites (N-methyl/N-ethyl adjacent to an activating group) is 1. The van der Waals surface area contributed by atoms with Gasteiger partial charge in [0.1, 0.15) is 0 Å². The summed E-state index contributed by atoms with van der Waals surface area (Å²) < 4.78 is 0. The smallest absolute Gasteiger partial charge is 0.238 e. The first-order valence-electron chi connectivity index (χ1n) is 7.11. The number of hydrogen-bond acceptors (Lipinski definition) is 3. The molecular weight excluding hydrogens is 311 g/mol. The SMILES string of the molecule is CN(CC(=O)Nc1cccc(Cl)c1Cl)C1CCCCC1O. The number of anilines is 1. The number of carbonyl (C=O) groups is 1. The first kappa shape index (κ1) is 16.6. The van der Waals surface area contributed by atoms with Gasteiger partial charge in [0.05, 0.1) is 28.4 Å². The summed E-state index contributed by atoms with van der Waals surface area (Å²) in [5.41, 5.74) is 0.506. The maximum absolute atomic E-state index is 12.1. The number of nitrogens with zero attached hydrogens (tertiary/aromatic N) is 1. The van der Waals surface area contributed by atoms with Crippen molar-refractivity contribution < 1.29 is 9.90 Å². The van der Waals surface area contributed by atoms with E-state index in [-0.39, 0.29) is 24.6 Å². The summed E-state index contributed by atoms with van der Waals surface area (Å²) in [6, 6.07) is 5.16. The molecule has 21 heavy (non-hydrogen) atoms. The van der Waals surface area contributed by atoms with Crippen molar-refractivity contribution in [2.75, 3.05) is 18.9 Å². The van der Waals surface area contributed by atoms with Gasteiger partial charge in [-0.1, -0.05) is 42.1 Å². The lowest BCUT2D eigenvalue weighted by Crippen LogP contribution is -2.46. The average Bonchev–Trinajstić information content (AvgIpc) is 2.44. The van der Waals surface area contributed by atoms with E-state index in [9.17, 15) is 9.90 Å². The minimum absolute atomic E-state index is 0.0410. The zero-order valence-corrected chi connectivity index (χ0v) is 13.5. The lowest BCUT2D eigenvalue weighted by atomic mass is 9.91. The standard InChI is InChI=1S/C15H20Cl2N2O2/c1-19(12-7-2-3-8-13(12)20)9-14(21)18-11-6-4-5-10(16)15(11)17/h4-6,12-13,20H,2-3,7-9H2,1H3,(H,18,21). The number of halogens is 2. The Morgan fingerprint density at radius 1 is 1.38 bits per heavy atom. The highest BCUT2D eigenvalue weighted by molar-refractivity contribution is 6.43. The second kappa shape index (κ2) is 7.45. The van der Waals surface area contributed by atoms with Crippen LogP contribution >= 0.6 is 23.2 Å². The topological polar surface area (TPSA) is 52.6 Å². The molecule has 0 aromatic heterocycles. The normalized spacial score (nSPS) is 22.3. The highest BCUT2D eigenvalue weighted by Crippen LogP contribution is 2.29. The molecule has 1 aromatic rings. The number of benzene rings is 1. The molecule has 1 aliphatic carbocycles. The predicted molar refractivity (Wildman–Crippen MR) is 86.0 cm³/mol. The Hall–Kier alpha value is -0.810. The van der Waals surface area contributed by atoms with E-state index in [0.29, 0.717) is 15.7 Å². The van der Waals surface area contributed by atoms with Gasteiger partial charge in [-0.3, -0.25) is 9.69 Å². The number of hydrogen-bond donors (Lipinski definition) is 2. The van der Waals surface area contributed by atoms with E-state index >= 15 is 0 Å². The maximum Gasteiger partial charge on any atom is 0.238 e. The van der Waals surface area contributed by atoms with Crippen LogP contribution in [-0.4, -0.2) is 41.7 Å². The highest BCUT2D eigenvalue weighted by Gasteiger charge is 2.27. The van der Waals surface area contributed by atoms with Crippen molar-refractivity contribution in [3.05, 3.63) is 28.2 Å². The van der Waals surface area contributed by atoms with Crippen LogP contribution in [0, 0.1) is 0 Å². The van der Waals surface area contributed by atoms with Gasteiger partial charge in [-0.25, -0.2) is 0 Å². The first-order valence-corrected chi connectivity index (χ1v) is 7.87. The zero-order chi connectivity index (χ0) is 15.4. The fraction of sp³-hybridized carbons (Fsp3) is 0.533. The first-order chi connectivity index (χ1) is 9.99. The number of aliphatic hydroxyl groups is 1. The van der Waals surface area contributed by atoms with Crippen LogP contribution in [0.2, 0.25) is 10.0 Å². The van der Waals surface area contributed by atoms with Crippen LogP contribution in [0.5, 0.6) is 0 Å². The van der Waals surface area contributed by atoms with E-state index in [1.807, 2.05) is 11.9 Å². The Kier molecular flexibility index (Phi) is 5.88. The van der Waals surface area contributed by atoms with Crippen molar-refractivity contribution in [3.8, 4) is 0 Å². The quantitative estimate of drug-likeness (QED) is 0.891. The van der Waals surface area contributed by atoms with Crippen molar-refractivity contribution in [1.82, 2.24) is 4.90 Å². The molecule has 0 radical (unpaired) electrons. The van der Waals surface area contributed by atoms with Gasteiger partial charge in [0.2, 0.25) is 5.91 Å². The van der Waals surface area contributed by atoms with Gasteiger partial charge in [-0.15, -0.1) is 0 Å². The summed E-state index contributed by atoms with van der Waals surface area (Å²) >= 11 is 12.0. The molecule has 1 aliphatic rings. The van der Waals surface area contributed by atoms with Crippen LogP contribution in [0.25, 0.3) is 0 Å². The molecule has 1 amide bonds. The molecule has 0 aliphatic heterocycles. The molecular formula is C15H20Cl2N2O2. The second-order valence-corrected chi connectivity index (χ2v) is 6.27. The summed E-state index contributed by atoms with van der Waals surface area (Å²) in [6.07, 6.45) is 3.51. The Balaban J connectivity index is 1.93. The fourth-order valence-corrected chi connectivity index (χ4v) is 3.09. The van der Waals surface area contributed by atoms with Gasteiger partial charge in [0.15, 0.2) is 0 Å². The van der Waals surface area contributed by atoms with Crippen molar-refractivity contribution in [2.24, 2.45) is 0 Å². The molecule has 1 aromatic carbocycles. The highest BCUT2D eigenvalue weighted by atomic mass is 35.5. The van der Waals surface area contributed by atoms with E-state index in [2.05, 4.69) is 5.32 Å². The van der Waals surface area contributed by atoms with Crippen molar-refractivity contribution in [2.45, 2.75) is 37.8 Å². The minimum Gasteiger partial charge on any atom is -0.391 e. The van der Waals surface area contributed by atoms with Crippen molar-refractivity contribution in [3.63, 3.8) is 0 Å². The molecule has 2 unspecified atom stereocenters. The van der Waals surface area contributed by atoms with E-state index in [4.69, 9.17) is 23.2 Å². The molecule has 6 heteroatoms. The van der Waals surface area contributed by atoms with Crippen LogP contribution in [0.4, 0.5) is 5.69 Å². The molecule has 116 valence electrons. The second-order valence-electron chi connectivity index (χ2n) is 5.48. The lowest BCUT2D eigenvalue weighted by Gasteiger charge is -2.34. The van der Waals surface area contributed by atoms with Crippen LogP contribution in [0.1, 0.15) is 25.7 Å². The van der Waals surface area contributed by atoms with Crippen molar-refractivity contribution in [1.29, 1.82) is 0 Å². The Morgan fingerprint density at radius 2 is 2.10 bits per heavy atom. The van der Waals surface area contributed by atoms with Crippen molar-refractivity contribution >= 4 is 34.8 Å². The number of nitrogens with one attached hydrogen (secondary N) is 1. The summed E-state index contributed by atoms with van der Waals surface area (Å²) in [5.74, 6) is -0.167. The molecule has 0 saturated heterocycles. The van der Waals surface area contributed by atoms with Gasteiger partial charge in [-0.05, 0) is 32.0 Å². The lowest BCUT2D eigenvalue weighted by molar-refractivity contribution is -0.118. The average molecular weight is 331 g/mol. The summed E-state index contributed by atoms with van der Waals surface area (Å²) in [6.45, 7) is 0.213. The third-order valence-corrected chi connectivity index (χ3v) is 4.70. The molecule has 1 saturated carbocycles. The Morgan fingerprint density at radius 3 is 2.81 bits per heavy atom. The van der Waals surface area contributed by atoms with Crippen LogP contribution in [0.15, 0.2) is 18.2 Å². The Labute approximate surface area is 135 Å². The van der Waals surface area contributed by atoms with Crippen LogP contribution < -0.4 is 5.32 Å². The van der Waals surface area contributed by atoms with Gasteiger partial charge in [-0.2, -0.15) is 0 Å². The van der Waals surface area contributed by atoms with Gasteiger partial charge < -0.3 is 10.4 Å². The number of rotatable bonds is 4. The fourth-order valence-electron chi connectivity index (χ4n) is 2.74. The number of amides is 1. The third-order valence-electron chi connectivity index (χ3n) is 3.88. The molecule has 0 spiro atoms. The van der Waals surface area contributed by atoms with E-state index < -0.39 is 0 Å². The Bertz CT molecular complexity index is 510. The van der Waals surface area contributed by atoms with Gasteiger partial charge in [0, 0.05) is 6.04 Å². The number of aliphatic hydroxyl groups excluding tert-OH is 1. The van der Waals surface area contributed by atoms with E-state index in [1.165, 1.54) is 0 Å². The summed E-state index contributed by atoms with van der Waals surface area (Å²) in [5, 5.41) is 13.5.